The number of rotatable bonds is 16. The van der Waals surface area contributed by atoms with E-state index in [4.69, 9.17) is 43.7 Å². The minimum Gasteiger partial charge on any atom is -0.394 e. The van der Waals surface area contributed by atoms with E-state index in [1.54, 1.807) is 0 Å². The Kier molecular flexibility index (Phi) is 26.7. The van der Waals surface area contributed by atoms with Crippen LogP contribution >= 0.6 is 8.53 Å². The Hall–Kier alpha value is 0.0300. The minimum absolute atomic E-state index is 0.0359. The molecule has 6 N–H and O–H groups in total. The van der Waals surface area contributed by atoms with Gasteiger partial charge in [-0.05, 0) is 0 Å². The van der Waals surface area contributed by atoms with Gasteiger partial charge in [-0.3, -0.25) is 5.50 Å². The molecule has 0 aromatic rings. The van der Waals surface area contributed by atoms with Gasteiger partial charge in [0, 0.05) is 0 Å². The molecule has 0 aliphatic carbocycles. The van der Waals surface area contributed by atoms with Gasteiger partial charge < -0.3 is 43.7 Å². The summed E-state index contributed by atoms with van der Waals surface area (Å²) in [6.45, 7) is 4.80. The number of aliphatic hydroxyl groups is 2. The SMILES string of the molecule is NP(O)O.OCCOCCOCCOCCOCCOCCO. The summed E-state index contributed by atoms with van der Waals surface area (Å²) in [7, 11) is -2.12. The average molecular weight is 363 g/mol. The Bertz CT molecular complexity index is 185. The first-order chi connectivity index (χ1) is 11.1. The summed E-state index contributed by atoms with van der Waals surface area (Å²) in [5.74, 6) is 0. The molecule has 0 atom stereocenters. The predicted octanol–water partition coefficient (Wildman–Crippen LogP) is -1.79. The zero-order chi connectivity index (χ0) is 17.6. The normalized spacial score (nSPS) is 10.7. The average Bonchev–Trinajstić information content (AvgIpc) is 2.50. The molecule has 0 aliphatic heterocycles. The van der Waals surface area contributed by atoms with Crippen molar-refractivity contribution in [2.45, 2.75) is 0 Å². The highest BCUT2D eigenvalue weighted by Crippen LogP contribution is 2.05. The van der Waals surface area contributed by atoms with E-state index in [0.29, 0.717) is 66.1 Å². The summed E-state index contributed by atoms with van der Waals surface area (Å²) in [5.41, 5.74) is 4.29. The third kappa shape index (κ3) is 34.4. The van der Waals surface area contributed by atoms with Gasteiger partial charge in [-0.25, -0.2) is 0 Å². The van der Waals surface area contributed by atoms with E-state index >= 15 is 0 Å². The fraction of sp³-hybridized carbons (Fsp3) is 1.00. The summed E-state index contributed by atoms with van der Waals surface area (Å²) in [5, 5.41) is 16.9. The van der Waals surface area contributed by atoms with Gasteiger partial charge in [-0.2, -0.15) is 0 Å². The summed E-state index contributed by atoms with van der Waals surface area (Å²) >= 11 is 0. The van der Waals surface area contributed by atoms with Gasteiger partial charge in [0.15, 0.2) is 0 Å². The number of hydrogen-bond acceptors (Lipinski definition) is 10. The maximum atomic E-state index is 8.45. The Labute approximate surface area is 138 Å². The largest absolute Gasteiger partial charge is 0.394 e. The zero-order valence-corrected chi connectivity index (χ0v) is 14.2. The molecule has 23 heavy (non-hydrogen) atoms. The Morgan fingerprint density at radius 3 is 0.870 bits per heavy atom. The number of ether oxygens (including phenoxy) is 5. The van der Waals surface area contributed by atoms with Crippen LogP contribution in [0, 0.1) is 0 Å². The molecule has 0 rings (SSSR count). The van der Waals surface area contributed by atoms with E-state index in [2.05, 4.69) is 5.50 Å². The maximum absolute atomic E-state index is 8.45. The Morgan fingerprint density at radius 2 is 0.696 bits per heavy atom. The van der Waals surface area contributed by atoms with Crippen LogP contribution in [0.4, 0.5) is 0 Å². The van der Waals surface area contributed by atoms with E-state index in [1.165, 1.54) is 0 Å². The van der Waals surface area contributed by atoms with Crippen LogP contribution in [0.1, 0.15) is 0 Å². The molecule has 0 spiro atoms. The van der Waals surface area contributed by atoms with Crippen molar-refractivity contribution in [2.75, 3.05) is 79.3 Å². The second kappa shape index (κ2) is 24.3. The Morgan fingerprint density at radius 1 is 0.522 bits per heavy atom. The summed E-state index contributed by atoms with van der Waals surface area (Å²) in [6, 6.07) is 0. The van der Waals surface area contributed by atoms with Crippen LogP contribution in [0.25, 0.3) is 0 Å². The van der Waals surface area contributed by atoms with E-state index < -0.39 is 8.53 Å². The second-order valence-corrected chi connectivity index (χ2v) is 4.47. The molecular formula is C12H30NO9P. The molecule has 0 radical (unpaired) electrons. The molecule has 0 unspecified atom stereocenters. The van der Waals surface area contributed by atoms with Crippen LogP contribution < -0.4 is 5.50 Å². The standard InChI is InChI=1S/C12H26O7.H4NO2P/c13-1-3-15-5-7-17-9-11-19-12-10-18-8-6-16-4-2-14;1-4(2)3/h13-14H,1-12H2;2-3H,1H2. The molecule has 11 heteroatoms. The summed E-state index contributed by atoms with van der Waals surface area (Å²) in [6.07, 6.45) is 0. The number of hydrogen-bond donors (Lipinski definition) is 5. The van der Waals surface area contributed by atoms with Crippen molar-refractivity contribution >= 4 is 8.53 Å². The minimum atomic E-state index is -2.12. The highest BCUT2D eigenvalue weighted by atomic mass is 31.2. The summed E-state index contributed by atoms with van der Waals surface area (Å²) in [4.78, 5) is 14.9. The van der Waals surface area contributed by atoms with Crippen molar-refractivity contribution < 1.29 is 43.7 Å². The lowest BCUT2D eigenvalue weighted by Crippen LogP contribution is -2.14. The first kappa shape index (κ1) is 25.3. The van der Waals surface area contributed by atoms with Crippen molar-refractivity contribution in [3.8, 4) is 0 Å². The van der Waals surface area contributed by atoms with Crippen LogP contribution in [0.2, 0.25) is 0 Å². The number of aliphatic hydroxyl groups excluding tert-OH is 2. The van der Waals surface area contributed by atoms with Crippen LogP contribution in [0.3, 0.4) is 0 Å². The van der Waals surface area contributed by atoms with Gasteiger partial charge in [0.2, 0.25) is 8.53 Å². The lowest BCUT2D eigenvalue weighted by Gasteiger charge is -2.07. The molecule has 0 saturated carbocycles. The third-order valence-electron chi connectivity index (χ3n) is 1.96. The quantitative estimate of drug-likeness (QED) is 0.157. The monoisotopic (exact) mass is 363 g/mol. The van der Waals surface area contributed by atoms with Gasteiger partial charge in [0.1, 0.15) is 0 Å². The van der Waals surface area contributed by atoms with E-state index in [9.17, 15) is 0 Å². The Balaban J connectivity index is 0. The van der Waals surface area contributed by atoms with Gasteiger partial charge in [-0.1, -0.05) is 0 Å². The molecule has 0 fully saturated rings. The fourth-order valence-corrected chi connectivity index (χ4v) is 1.11. The van der Waals surface area contributed by atoms with E-state index in [-0.39, 0.29) is 13.2 Å². The molecule has 10 nitrogen and oxygen atoms in total. The van der Waals surface area contributed by atoms with Crippen LogP contribution in [-0.4, -0.2) is 99.3 Å². The molecular weight excluding hydrogens is 333 g/mol. The van der Waals surface area contributed by atoms with Crippen molar-refractivity contribution in [3.05, 3.63) is 0 Å². The number of nitrogens with two attached hydrogens (primary N) is 1. The molecule has 0 aliphatic rings. The molecule has 0 heterocycles. The molecule has 0 aromatic heterocycles. The van der Waals surface area contributed by atoms with Crippen molar-refractivity contribution in [3.63, 3.8) is 0 Å². The van der Waals surface area contributed by atoms with Crippen molar-refractivity contribution in [2.24, 2.45) is 5.50 Å². The van der Waals surface area contributed by atoms with Gasteiger partial charge in [0.05, 0.1) is 79.3 Å². The predicted molar refractivity (Wildman–Crippen MR) is 83.8 cm³/mol. The highest BCUT2D eigenvalue weighted by Gasteiger charge is 1.92. The second-order valence-electron chi connectivity index (χ2n) is 3.83. The molecule has 0 bridgehead atoms. The van der Waals surface area contributed by atoms with E-state index in [1.807, 2.05) is 0 Å². The van der Waals surface area contributed by atoms with Crippen LogP contribution in [0.15, 0.2) is 0 Å². The van der Waals surface area contributed by atoms with Crippen LogP contribution in [-0.2, 0) is 23.7 Å². The molecule has 0 aromatic carbocycles. The van der Waals surface area contributed by atoms with Crippen molar-refractivity contribution in [1.29, 1.82) is 0 Å². The highest BCUT2D eigenvalue weighted by molar-refractivity contribution is 7.42. The molecule has 0 saturated heterocycles. The van der Waals surface area contributed by atoms with Gasteiger partial charge >= 0.3 is 0 Å². The smallest absolute Gasteiger partial charge is 0.247 e. The van der Waals surface area contributed by atoms with Crippen molar-refractivity contribution in [1.82, 2.24) is 0 Å². The first-order valence-electron chi connectivity index (χ1n) is 7.18. The lowest BCUT2D eigenvalue weighted by molar-refractivity contribution is -0.0151. The van der Waals surface area contributed by atoms with Crippen LogP contribution in [0.5, 0.6) is 0 Å². The first-order valence-corrected chi connectivity index (χ1v) is 8.49. The lowest BCUT2D eigenvalue weighted by atomic mass is 10.7. The molecule has 0 amide bonds. The topological polar surface area (TPSA) is 153 Å². The van der Waals surface area contributed by atoms with Gasteiger partial charge in [0.25, 0.3) is 0 Å². The molecule has 142 valence electrons. The third-order valence-corrected chi connectivity index (χ3v) is 1.96. The van der Waals surface area contributed by atoms with E-state index in [0.717, 1.165) is 0 Å². The maximum Gasteiger partial charge on any atom is 0.247 e. The zero-order valence-electron chi connectivity index (χ0n) is 13.3. The summed E-state index contributed by atoms with van der Waals surface area (Å²) < 4.78 is 25.8. The van der Waals surface area contributed by atoms with Gasteiger partial charge in [-0.15, -0.1) is 0 Å². The fourth-order valence-electron chi connectivity index (χ4n) is 1.11.